The van der Waals surface area contributed by atoms with Gasteiger partial charge in [-0.15, -0.1) is 0 Å². The molecule has 9 heteroatoms. The second kappa shape index (κ2) is 6.78. The fourth-order valence-electron chi connectivity index (χ4n) is 0.867. The predicted octanol–water partition coefficient (Wildman–Crippen LogP) is -2.35. The summed E-state index contributed by atoms with van der Waals surface area (Å²) < 4.78 is 10.3. The van der Waals surface area contributed by atoms with Crippen LogP contribution in [0.25, 0.3) is 0 Å². The van der Waals surface area contributed by atoms with E-state index in [-0.39, 0.29) is 11.5 Å². The molecule has 4 atom stereocenters. The summed E-state index contributed by atoms with van der Waals surface area (Å²) in [4.78, 5) is 18.4. The van der Waals surface area contributed by atoms with E-state index in [0.717, 1.165) is 0 Å². The molecule has 0 aliphatic carbocycles. The summed E-state index contributed by atoms with van der Waals surface area (Å²) in [6.45, 7) is -0.607. The summed E-state index contributed by atoms with van der Waals surface area (Å²) in [7, 11) is -2.64. The van der Waals surface area contributed by atoms with E-state index in [4.69, 9.17) is 20.3 Å². The lowest BCUT2D eigenvalue weighted by atomic mass is 10.1. The molecular weight excluding hydrogens is 229 g/mol. The van der Waals surface area contributed by atoms with Crippen molar-refractivity contribution < 1.29 is 34.8 Å². The van der Waals surface area contributed by atoms with Gasteiger partial charge in [0.05, 0.1) is 6.54 Å². The van der Waals surface area contributed by atoms with Gasteiger partial charge in [-0.1, -0.05) is 0 Å². The van der Waals surface area contributed by atoms with Crippen molar-refractivity contribution >= 4 is 14.4 Å². The number of amides is 1. The predicted molar refractivity (Wildman–Crippen MR) is 47.3 cm³/mol. The molecule has 0 spiro atoms. The van der Waals surface area contributed by atoms with Crippen LogP contribution in [0.3, 0.4) is 0 Å². The molecule has 15 heavy (non-hydrogen) atoms. The minimum absolute atomic E-state index is 0.00878. The van der Waals surface area contributed by atoms with Crippen LogP contribution in [0.15, 0.2) is 0 Å². The lowest BCUT2D eigenvalue weighted by molar-refractivity contribution is -0.162. The van der Waals surface area contributed by atoms with Gasteiger partial charge in [0.2, 0.25) is 12.6 Å². The molecule has 0 saturated carbocycles. The van der Waals surface area contributed by atoms with Crippen molar-refractivity contribution in [3.05, 3.63) is 0 Å². The summed E-state index contributed by atoms with van der Waals surface area (Å²) in [6, 6.07) is 0. The Kier molecular flexibility index (Phi) is 6.50. The van der Waals surface area contributed by atoms with Crippen LogP contribution in [0.1, 0.15) is 0 Å². The Labute approximate surface area is 86.2 Å². The lowest BCUT2D eigenvalue weighted by Crippen LogP contribution is -2.44. The fourth-order valence-corrected chi connectivity index (χ4v) is 1.40. The Morgan fingerprint density at radius 1 is 1.27 bits per heavy atom. The first kappa shape index (κ1) is 14.4. The minimum Gasteiger partial charge on any atom is -0.388 e. The van der Waals surface area contributed by atoms with Gasteiger partial charge in [-0.3, -0.25) is 10.0 Å². The van der Waals surface area contributed by atoms with Crippen LogP contribution in [0, 0.1) is 0 Å². The molecule has 0 aromatic heterocycles. The molecule has 0 bridgehead atoms. The van der Waals surface area contributed by atoms with Gasteiger partial charge in [0.1, 0.15) is 18.3 Å². The summed E-state index contributed by atoms with van der Waals surface area (Å²) in [5.41, 5.74) is 0. The standard InChI is InChI=1S/C6H12NO7P/c8-3-7(12)1-4(9)6(11)5(10)2-15(13)14/h3-6,9-12H,1-2H2/p+1/t4-,5+,6-/m0/s1. The Bertz CT molecular complexity index is 226. The van der Waals surface area contributed by atoms with Crippen molar-refractivity contribution in [1.29, 1.82) is 0 Å². The largest absolute Gasteiger partial charge is 0.508 e. The van der Waals surface area contributed by atoms with Crippen LogP contribution < -0.4 is 0 Å². The van der Waals surface area contributed by atoms with E-state index in [1.165, 1.54) is 0 Å². The summed E-state index contributed by atoms with van der Waals surface area (Å²) in [6.07, 6.45) is -5.51. The average Bonchev–Trinajstić information content (AvgIpc) is 2.15. The van der Waals surface area contributed by atoms with Crippen molar-refractivity contribution in [1.82, 2.24) is 5.06 Å². The van der Waals surface area contributed by atoms with Crippen molar-refractivity contribution in [3.8, 4) is 0 Å². The third-order valence-electron chi connectivity index (χ3n) is 1.63. The Morgan fingerprint density at radius 3 is 2.20 bits per heavy atom. The quantitative estimate of drug-likeness (QED) is 0.146. The first-order valence-electron chi connectivity index (χ1n) is 3.97. The van der Waals surface area contributed by atoms with E-state index in [1.54, 1.807) is 0 Å². The van der Waals surface area contributed by atoms with E-state index < -0.39 is 39.0 Å². The van der Waals surface area contributed by atoms with Crippen molar-refractivity contribution in [2.24, 2.45) is 0 Å². The highest BCUT2D eigenvalue weighted by Crippen LogP contribution is 2.17. The van der Waals surface area contributed by atoms with E-state index >= 15 is 0 Å². The Morgan fingerprint density at radius 2 is 1.80 bits per heavy atom. The summed E-state index contributed by atoms with van der Waals surface area (Å²) >= 11 is 0. The molecular formula is C6H13NO7P+. The second-order valence-corrected chi connectivity index (χ2v) is 3.96. The number of nitrogens with zero attached hydrogens (tertiary/aromatic N) is 1. The number of aliphatic hydroxyl groups is 3. The van der Waals surface area contributed by atoms with Gasteiger partial charge in [-0.2, -0.15) is 4.89 Å². The maximum Gasteiger partial charge on any atom is 0.508 e. The van der Waals surface area contributed by atoms with Crippen LogP contribution in [-0.2, 0) is 9.36 Å². The number of carbonyl (C=O) groups excluding carboxylic acids is 1. The van der Waals surface area contributed by atoms with Gasteiger partial charge >= 0.3 is 8.03 Å². The number of carbonyl (C=O) groups is 1. The molecule has 0 aromatic carbocycles. The number of hydrogen-bond donors (Lipinski definition) is 5. The molecule has 0 aliphatic rings. The molecule has 88 valence electrons. The van der Waals surface area contributed by atoms with Gasteiger partial charge in [-0.05, 0) is 4.57 Å². The lowest BCUT2D eigenvalue weighted by Gasteiger charge is -2.21. The SMILES string of the molecule is O=CN(O)C[C@H](O)[C@H](O)[C@H](O)C[P+](=O)O. The molecule has 0 heterocycles. The monoisotopic (exact) mass is 242 g/mol. The van der Waals surface area contributed by atoms with Crippen molar-refractivity contribution in [2.45, 2.75) is 18.3 Å². The van der Waals surface area contributed by atoms with Gasteiger partial charge in [-0.25, -0.2) is 5.06 Å². The van der Waals surface area contributed by atoms with Crippen molar-refractivity contribution in [2.75, 3.05) is 12.7 Å². The molecule has 0 rings (SSSR count). The summed E-state index contributed by atoms with van der Waals surface area (Å²) in [5, 5.41) is 36.2. The first-order chi connectivity index (χ1) is 6.88. The van der Waals surface area contributed by atoms with Gasteiger partial charge in [0.25, 0.3) is 0 Å². The molecule has 5 N–H and O–H groups in total. The van der Waals surface area contributed by atoms with Crippen LogP contribution in [0.5, 0.6) is 0 Å². The Hall–Kier alpha value is -0.630. The highest BCUT2D eigenvalue weighted by atomic mass is 31.1. The topological polar surface area (TPSA) is 139 Å². The zero-order valence-electron chi connectivity index (χ0n) is 7.67. The zero-order valence-corrected chi connectivity index (χ0v) is 8.57. The Balaban J connectivity index is 4.11. The number of rotatable bonds is 7. The van der Waals surface area contributed by atoms with Gasteiger partial charge < -0.3 is 15.3 Å². The highest BCUT2D eigenvalue weighted by molar-refractivity contribution is 7.38. The van der Waals surface area contributed by atoms with Gasteiger partial charge in [0, 0.05) is 0 Å². The zero-order chi connectivity index (χ0) is 12.0. The maximum absolute atomic E-state index is 10.3. The van der Waals surface area contributed by atoms with Crippen LogP contribution in [0.4, 0.5) is 0 Å². The average molecular weight is 242 g/mol. The third-order valence-corrected chi connectivity index (χ3v) is 2.31. The number of hydrogen-bond acceptors (Lipinski definition) is 6. The molecule has 8 nitrogen and oxygen atoms in total. The summed E-state index contributed by atoms with van der Waals surface area (Å²) in [5.74, 6) is 0. The fraction of sp³-hybridized carbons (Fsp3) is 0.833. The maximum atomic E-state index is 10.3. The second-order valence-electron chi connectivity index (χ2n) is 2.89. The normalized spacial score (nSPS) is 17.8. The molecule has 0 saturated heterocycles. The highest BCUT2D eigenvalue weighted by Gasteiger charge is 2.31. The molecule has 0 fully saturated rings. The molecule has 0 aliphatic heterocycles. The third kappa shape index (κ3) is 5.73. The van der Waals surface area contributed by atoms with E-state index in [1.807, 2.05) is 0 Å². The molecule has 0 radical (unpaired) electrons. The first-order valence-corrected chi connectivity index (χ1v) is 5.36. The van der Waals surface area contributed by atoms with E-state index in [2.05, 4.69) is 0 Å². The van der Waals surface area contributed by atoms with Crippen molar-refractivity contribution in [3.63, 3.8) is 0 Å². The van der Waals surface area contributed by atoms with Crippen LogP contribution in [-0.4, -0.2) is 67.9 Å². The molecule has 1 unspecified atom stereocenters. The van der Waals surface area contributed by atoms with Crippen LogP contribution >= 0.6 is 8.03 Å². The van der Waals surface area contributed by atoms with E-state index in [0.29, 0.717) is 0 Å². The smallest absolute Gasteiger partial charge is 0.388 e. The van der Waals surface area contributed by atoms with Crippen LogP contribution in [0.2, 0.25) is 0 Å². The molecule has 0 aromatic rings. The number of aliphatic hydroxyl groups excluding tert-OH is 3. The minimum atomic E-state index is -2.64. The number of hydroxylamine groups is 2. The molecule has 1 amide bonds. The van der Waals surface area contributed by atoms with E-state index in [9.17, 15) is 14.5 Å². The van der Waals surface area contributed by atoms with Gasteiger partial charge in [0.15, 0.2) is 0 Å².